The molecular formula is C15H11N3S2. The van der Waals surface area contributed by atoms with Crippen LogP contribution >= 0.6 is 23.6 Å². The van der Waals surface area contributed by atoms with Gasteiger partial charge in [0.1, 0.15) is 0 Å². The van der Waals surface area contributed by atoms with Crippen LogP contribution < -0.4 is 0 Å². The highest BCUT2D eigenvalue weighted by molar-refractivity contribution is 7.71. The normalized spacial score (nSPS) is 11.4. The van der Waals surface area contributed by atoms with Crippen LogP contribution in [-0.4, -0.2) is 14.5 Å². The van der Waals surface area contributed by atoms with E-state index in [1.54, 1.807) is 11.3 Å². The Bertz CT molecular complexity index is 991. The van der Waals surface area contributed by atoms with E-state index in [1.807, 2.05) is 11.6 Å². The number of aromatic nitrogens is 3. The van der Waals surface area contributed by atoms with Crippen LogP contribution in [-0.2, 0) is 0 Å². The number of nitrogens with one attached hydrogen (secondary N) is 1. The molecule has 0 aliphatic heterocycles. The Labute approximate surface area is 124 Å². The van der Waals surface area contributed by atoms with Gasteiger partial charge >= 0.3 is 0 Å². The fourth-order valence-corrected chi connectivity index (χ4v) is 3.48. The Morgan fingerprint density at radius 3 is 3.00 bits per heavy atom. The summed E-state index contributed by atoms with van der Waals surface area (Å²) >= 11 is 7.12. The van der Waals surface area contributed by atoms with Crippen molar-refractivity contribution >= 4 is 44.8 Å². The third-order valence-electron chi connectivity index (χ3n) is 3.41. The highest BCUT2D eigenvalue weighted by Crippen LogP contribution is 2.25. The Kier molecular flexibility index (Phi) is 2.52. The van der Waals surface area contributed by atoms with Crippen LogP contribution in [0.3, 0.4) is 0 Å². The first-order valence-corrected chi connectivity index (χ1v) is 7.56. The zero-order chi connectivity index (χ0) is 13.7. The number of benzene rings is 2. The van der Waals surface area contributed by atoms with Crippen LogP contribution in [0.25, 0.3) is 26.9 Å². The molecule has 20 heavy (non-hydrogen) atoms. The van der Waals surface area contributed by atoms with Crippen molar-refractivity contribution in [2.45, 2.75) is 6.92 Å². The fraction of sp³-hybridized carbons (Fsp3) is 0.0667. The minimum absolute atomic E-state index is 0.717. The fourth-order valence-electron chi connectivity index (χ4n) is 2.45. The first kappa shape index (κ1) is 11.8. The van der Waals surface area contributed by atoms with Crippen LogP contribution in [0.2, 0.25) is 0 Å². The van der Waals surface area contributed by atoms with Gasteiger partial charge in [-0.25, -0.2) is 4.98 Å². The molecule has 2 heterocycles. The van der Waals surface area contributed by atoms with Gasteiger partial charge in [-0.3, -0.25) is 4.57 Å². The molecule has 1 N–H and O–H groups in total. The van der Waals surface area contributed by atoms with Crippen molar-refractivity contribution in [2.24, 2.45) is 0 Å². The number of imidazole rings is 1. The minimum Gasteiger partial charge on any atom is -0.330 e. The highest BCUT2D eigenvalue weighted by Gasteiger charge is 2.08. The van der Waals surface area contributed by atoms with E-state index >= 15 is 0 Å². The largest absolute Gasteiger partial charge is 0.330 e. The molecule has 0 atom stereocenters. The van der Waals surface area contributed by atoms with E-state index in [0.29, 0.717) is 0 Å². The van der Waals surface area contributed by atoms with E-state index in [0.717, 1.165) is 27.0 Å². The molecule has 0 saturated heterocycles. The lowest BCUT2D eigenvalue weighted by Gasteiger charge is -2.05. The predicted octanol–water partition coefficient (Wildman–Crippen LogP) is 4.61. The molecule has 4 rings (SSSR count). The minimum atomic E-state index is 0.717. The lowest BCUT2D eigenvalue weighted by atomic mass is 10.2. The van der Waals surface area contributed by atoms with Crippen molar-refractivity contribution in [1.29, 1.82) is 0 Å². The summed E-state index contributed by atoms with van der Waals surface area (Å²) in [4.78, 5) is 7.58. The summed E-state index contributed by atoms with van der Waals surface area (Å²) in [7, 11) is 0. The molecule has 0 aliphatic rings. The average molecular weight is 297 g/mol. The molecule has 2 aromatic carbocycles. The molecule has 0 spiro atoms. The van der Waals surface area contributed by atoms with Crippen molar-refractivity contribution in [3.63, 3.8) is 0 Å². The Hall–Kier alpha value is -1.98. The maximum atomic E-state index is 5.48. The number of aryl methyl sites for hydroxylation is 1. The summed E-state index contributed by atoms with van der Waals surface area (Å²) in [5, 5.41) is 0. The van der Waals surface area contributed by atoms with E-state index in [-0.39, 0.29) is 0 Å². The van der Waals surface area contributed by atoms with Crippen LogP contribution in [0.1, 0.15) is 5.56 Å². The molecule has 2 aromatic heterocycles. The molecule has 0 unspecified atom stereocenters. The van der Waals surface area contributed by atoms with Gasteiger partial charge in [0.15, 0.2) is 4.77 Å². The third-order valence-corrected chi connectivity index (χ3v) is 4.49. The van der Waals surface area contributed by atoms with E-state index in [1.165, 1.54) is 10.3 Å². The van der Waals surface area contributed by atoms with Crippen LogP contribution in [0.5, 0.6) is 0 Å². The van der Waals surface area contributed by atoms with Crippen molar-refractivity contribution < 1.29 is 0 Å². The monoisotopic (exact) mass is 297 g/mol. The zero-order valence-corrected chi connectivity index (χ0v) is 12.4. The Morgan fingerprint density at radius 1 is 1.20 bits per heavy atom. The van der Waals surface area contributed by atoms with Crippen molar-refractivity contribution in [3.05, 3.63) is 52.2 Å². The first-order chi connectivity index (χ1) is 9.72. The Balaban J connectivity index is 2.07. The van der Waals surface area contributed by atoms with Gasteiger partial charge < -0.3 is 4.98 Å². The highest BCUT2D eigenvalue weighted by atomic mass is 32.1. The second-order valence-electron chi connectivity index (χ2n) is 4.79. The molecule has 0 aliphatic carbocycles. The first-order valence-electron chi connectivity index (χ1n) is 6.27. The molecular weight excluding hydrogens is 286 g/mol. The number of aromatic amines is 1. The van der Waals surface area contributed by atoms with E-state index in [4.69, 9.17) is 12.2 Å². The van der Waals surface area contributed by atoms with E-state index in [9.17, 15) is 0 Å². The number of H-pyrrole nitrogens is 1. The van der Waals surface area contributed by atoms with Gasteiger partial charge in [0.2, 0.25) is 0 Å². The summed E-state index contributed by atoms with van der Waals surface area (Å²) in [5.74, 6) is 0. The standard InChI is InChI=1S/C15H11N3S2/c1-9-2-4-11-13(6-9)18(15(19)17-11)10-3-5-12-14(7-10)20-8-16-12/h2-8H,1H3,(H,17,19). The molecule has 98 valence electrons. The van der Waals surface area contributed by atoms with Crippen LogP contribution in [0.4, 0.5) is 0 Å². The van der Waals surface area contributed by atoms with Gasteiger partial charge in [0.25, 0.3) is 0 Å². The lowest BCUT2D eigenvalue weighted by molar-refractivity contribution is 1.07. The maximum absolute atomic E-state index is 5.48. The van der Waals surface area contributed by atoms with Gasteiger partial charge in [-0.05, 0) is 55.0 Å². The number of rotatable bonds is 1. The molecule has 0 bridgehead atoms. The molecule has 0 amide bonds. The average Bonchev–Trinajstić information content (AvgIpc) is 3.00. The number of thiazole rings is 1. The van der Waals surface area contributed by atoms with Gasteiger partial charge in [-0.2, -0.15) is 0 Å². The number of fused-ring (bicyclic) bond motifs is 2. The summed E-state index contributed by atoms with van der Waals surface area (Å²) < 4.78 is 3.97. The second kappa shape index (κ2) is 4.26. The summed E-state index contributed by atoms with van der Waals surface area (Å²) in [6.07, 6.45) is 0. The van der Waals surface area contributed by atoms with Gasteiger partial charge in [-0.15, -0.1) is 11.3 Å². The lowest BCUT2D eigenvalue weighted by Crippen LogP contribution is -1.93. The molecule has 4 aromatic rings. The molecule has 3 nitrogen and oxygen atoms in total. The van der Waals surface area contributed by atoms with Crippen molar-refractivity contribution in [2.75, 3.05) is 0 Å². The SMILES string of the molecule is Cc1ccc2[nH]c(=S)n(-c3ccc4ncsc4c3)c2c1. The quantitative estimate of drug-likeness (QED) is 0.521. The molecule has 0 radical (unpaired) electrons. The number of nitrogens with zero attached hydrogens (tertiary/aromatic N) is 2. The second-order valence-corrected chi connectivity index (χ2v) is 6.06. The molecule has 5 heteroatoms. The van der Waals surface area contributed by atoms with Crippen molar-refractivity contribution in [3.8, 4) is 5.69 Å². The number of hydrogen-bond donors (Lipinski definition) is 1. The predicted molar refractivity (Wildman–Crippen MR) is 86.4 cm³/mol. The van der Waals surface area contributed by atoms with Crippen molar-refractivity contribution in [1.82, 2.24) is 14.5 Å². The molecule has 0 fully saturated rings. The topological polar surface area (TPSA) is 33.6 Å². The van der Waals surface area contributed by atoms with Gasteiger partial charge in [0.05, 0.1) is 26.8 Å². The van der Waals surface area contributed by atoms with Gasteiger partial charge in [-0.1, -0.05) is 6.07 Å². The van der Waals surface area contributed by atoms with E-state index in [2.05, 4.69) is 51.8 Å². The zero-order valence-electron chi connectivity index (χ0n) is 10.8. The van der Waals surface area contributed by atoms with Crippen LogP contribution in [0.15, 0.2) is 41.9 Å². The summed E-state index contributed by atoms with van der Waals surface area (Å²) in [5.41, 5.74) is 7.36. The third kappa shape index (κ3) is 1.71. The van der Waals surface area contributed by atoms with Crippen LogP contribution in [0, 0.1) is 11.7 Å². The smallest absolute Gasteiger partial charge is 0.182 e. The van der Waals surface area contributed by atoms with Gasteiger partial charge in [0, 0.05) is 5.69 Å². The Morgan fingerprint density at radius 2 is 2.10 bits per heavy atom. The maximum Gasteiger partial charge on any atom is 0.182 e. The number of hydrogen-bond acceptors (Lipinski definition) is 3. The summed E-state index contributed by atoms with van der Waals surface area (Å²) in [6, 6.07) is 12.6. The van der Waals surface area contributed by atoms with E-state index < -0.39 is 0 Å². The summed E-state index contributed by atoms with van der Waals surface area (Å²) in [6.45, 7) is 2.09. The molecule has 0 saturated carbocycles.